The molecule has 0 aromatic heterocycles. The van der Waals surface area contributed by atoms with Crippen LogP contribution in [0.1, 0.15) is 80.3 Å². The molecule has 6 heteroatoms. The molecule has 2 atom stereocenters. The van der Waals surface area contributed by atoms with E-state index in [1.807, 2.05) is 31.2 Å². The van der Waals surface area contributed by atoms with E-state index >= 15 is 0 Å². The zero-order valence-corrected chi connectivity index (χ0v) is 23.0. The zero-order valence-electron chi connectivity index (χ0n) is 23.0. The maximum Gasteiger partial charge on any atom is 0.303 e. The summed E-state index contributed by atoms with van der Waals surface area (Å²) in [6.45, 7) is 10.5. The van der Waals surface area contributed by atoms with Crippen molar-refractivity contribution in [1.82, 2.24) is 5.32 Å². The second kappa shape index (κ2) is 12.6. The van der Waals surface area contributed by atoms with E-state index in [1.165, 1.54) is 0 Å². The first-order chi connectivity index (χ1) is 18.0. The number of aliphatic carboxylic acids is 1. The lowest BCUT2D eigenvalue weighted by atomic mass is 9.72. The van der Waals surface area contributed by atoms with Crippen LogP contribution in [0.5, 0.6) is 0 Å². The maximum atomic E-state index is 13.9. The first-order valence-electron chi connectivity index (χ1n) is 13.1. The summed E-state index contributed by atoms with van der Waals surface area (Å²) in [5, 5.41) is 22.0. The Hall–Kier alpha value is -3.85. The number of carbonyl (C=O) groups is 2. The van der Waals surface area contributed by atoms with Gasteiger partial charge in [0.15, 0.2) is 0 Å². The molecule has 2 N–H and O–H groups in total. The van der Waals surface area contributed by atoms with Gasteiger partial charge in [-0.1, -0.05) is 68.3 Å². The number of carboxylic acids is 1. The van der Waals surface area contributed by atoms with Crippen LogP contribution in [0.25, 0.3) is 0 Å². The summed E-state index contributed by atoms with van der Waals surface area (Å²) in [4.78, 5) is 25.3. The predicted molar refractivity (Wildman–Crippen MR) is 148 cm³/mol. The number of aryl methyl sites for hydroxylation is 2. The number of amides is 1. The maximum absolute atomic E-state index is 13.9. The van der Waals surface area contributed by atoms with Gasteiger partial charge in [-0.2, -0.15) is 5.26 Å². The summed E-state index contributed by atoms with van der Waals surface area (Å²) >= 11 is 0. The number of allylic oxidation sites excluding steroid dienone is 2. The zero-order chi connectivity index (χ0) is 27.9. The van der Waals surface area contributed by atoms with Gasteiger partial charge < -0.3 is 15.2 Å². The van der Waals surface area contributed by atoms with Gasteiger partial charge in [0.25, 0.3) is 0 Å². The first-order valence-corrected chi connectivity index (χ1v) is 13.1. The molecule has 1 aliphatic rings. The Bertz CT molecular complexity index is 1260. The van der Waals surface area contributed by atoms with Crippen molar-refractivity contribution in [3.63, 3.8) is 0 Å². The normalized spacial score (nSPS) is 17.7. The fraction of sp³-hybridized carbons (Fsp3) is 0.406. The van der Waals surface area contributed by atoms with Crippen LogP contribution in [0.2, 0.25) is 0 Å². The molecular weight excluding hydrogens is 476 g/mol. The summed E-state index contributed by atoms with van der Waals surface area (Å²) in [7, 11) is 0. The van der Waals surface area contributed by atoms with Crippen molar-refractivity contribution in [2.45, 2.75) is 73.0 Å². The fourth-order valence-electron chi connectivity index (χ4n) is 4.98. The third-order valence-corrected chi connectivity index (χ3v) is 7.02. The van der Waals surface area contributed by atoms with Crippen LogP contribution in [-0.4, -0.2) is 17.0 Å². The van der Waals surface area contributed by atoms with Crippen molar-refractivity contribution in [1.29, 1.82) is 5.26 Å². The standard InChI is InChI=1S/C32H38N2O4/c1-21(2)14-29(26-16-22(3)15-23(4)17-26)34-31(37)28-18-27(10-12-32(28,5)13-11-30(35)36)38-20-25-9-7-6-8-24(25)19-33/h6-10,15-18,21,29H,11-14,20H2,1-5H3,(H,34,37)(H,35,36). The molecule has 2 aromatic carbocycles. The number of rotatable bonds is 11. The number of nitrogens with zero attached hydrogens (tertiary/aromatic N) is 1. The van der Waals surface area contributed by atoms with Gasteiger partial charge in [-0.05, 0) is 62.8 Å². The van der Waals surface area contributed by atoms with Gasteiger partial charge in [0.05, 0.1) is 17.7 Å². The topological polar surface area (TPSA) is 99.4 Å². The molecule has 1 aliphatic carbocycles. The number of nitriles is 1. The highest BCUT2D eigenvalue weighted by atomic mass is 16.5. The lowest BCUT2D eigenvalue weighted by molar-refractivity contribution is -0.137. The van der Waals surface area contributed by atoms with Gasteiger partial charge in [-0.25, -0.2) is 0 Å². The fourth-order valence-corrected chi connectivity index (χ4v) is 4.98. The molecule has 0 radical (unpaired) electrons. The van der Waals surface area contributed by atoms with Gasteiger partial charge in [0.2, 0.25) is 5.91 Å². The van der Waals surface area contributed by atoms with E-state index < -0.39 is 11.4 Å². The van der Waals surface area contributed by atoms with Crippen LogP contribution >= 0.6 is 0 Å². The highest BCUT2D eigenvalue weighted by molar-refractivity contribution is 5.96. The predicted octanol–water partition coefficient (Wildman–Crippen LogP) is 6.68. The van der Waals surface area contributed by atoms with Gasteiger partial charge >= 0.3 is 5.97 Å². The Morgan fingerprint density at radius 3 is 2.47 bits per heavy atom. The number of benzene rings is 2. The summed E-state index contributed by atoms with van der Waals surface area (Å²) < 4.78 is 6.03. The van der Waals surface area contributed by atoms with Crippen molar-refractivity contribution in [2.75, 3.05) is 0 Å². The summed E-state index contributed by atoms with van der Waals surface area (Å²) in [6, 6.07) is 15.6. The number of carboxylic acid groups (broad SMARTS) is 1. The number of hydrogen-bond acceptors (Lipinski definition) is 4. The largest absolute Gasteiger partial charge is 0.489 e. The lowest BCUT2D eigenvalue weighted by Gasteiger charge is -2.34. The average Bonchev–Trinajstić information content (AvgIpc) is 2.86. The van der Waals surface area contributed by atoms with E-state index in [-0.39, 0.29) is 25.0 Å². The SMILES string of the molecule is Cc1cc(C)cc(C(CC(C)C)NC(=O)C2=CC(OCc3ccccc3C#N)=CCC2(C)CCC(=O)O)c1. The molecule has 6 nitrogen and oxygen atoms in total. The molecule has 0 bridgehead atoms. The molecule has 38 heavy (non-hydrogen) atoms. The number of carbonyl (C=O) groups excluding carboxylic acids is 1. The molecule has 0 saturated carbocycles. The Morgan fingerprint density at radius 1 is 1.16 bits per heavy atom. The summed E-state index contributed by atoms with van der Waals surface area (Å²) in [5.41, 5.74) is 4.52. The third-order valence-electron chi connectivity index (χ3n) is 7.02. The average molecular weight is 515 g/mol. The van der Waals surface area contributed by atoms with Crippen molar-refractivity contribution in [2.24, 2.45) is 11.3 Å². The molecule has 3 rings (SSSR count). The third kappa shape index (κ3) is 7.58. The highest BCUT2D eigenvalue weighted by Crippen LogP contribution is 2.41. The molecule has 2 unspecified atom stereocenters. The minimum absolute atomic E-state index is 0.0345. The van der Waals surface area contributed by atoms with E-state index in [4.69, 9.17) is 4.74 Å². The Balaban J connectivity index is 1.90. The van der Waals surface area contributed by atoms with E-state index in [0.29, 0.717) is 35.7 Å². The van der Waals surface area contributed by atoms with Crippen molar-refractivity contribution in [3.8, 4) is 6.07 Å². The van der Waals surface area contributed by atoms with Gasteiger partial charge in [0.1, 0.15) is 12.4 Å². The monoisotopic (exact) mass is 514 g/mol. The Labute approximate surface area is 226 Å². The smallest absolute Gasteiger partial charge is 0.303 e. The second-order valence-corrected chi connectivity index (χ2v) is 11.0. The van der Waals surface area contributed by atoms with Gasteiger partial charge in [-0.3, -0.25) is 9.59 Å². The van der Waals surface area contributed by atoms with E-state index in [0.717, 1.165) is 28.7 Å². The number of nitrogens with one attached hydrogen (secondary N) is 1. The van der Waals surface area contributed by atoms with Gasteiger partial charge in [0, 0.05) is 23.0 Å². The van der Waals surface area contributed by atoms with Crippen LogP contribution in [0.4, 0.5) is 0 Å². The van der Waals surface area contributed by atoms with Crippen LogP contribution < -0.4 is 5.32 Å². The minimum Gasteiger partial charge on any atom is -0.489 e. The molecule has 1 amide bonds. The number of hydrogen-bond donors (Lipinski definition) is 2. The number of ether oxygens (including phenoxy) is 1. The summed E-state index contributed by atoms with van der Waals surface area (Å²) in [6.07, 6.45) is 5.20. The molecule has 2 aromatic rings. The lowest BCUT2D eigenvalue weighted by Crippen LogP contribution is -2.37. The molecule has 0 spiro atoms. The Kier molecular flexibility index (Phi) is 9.52. The molecule has 0 fully saturated rings. The highest BCUT2D eigenvalue weighted by Gasteiger charge is 2.36. The Morgan fingerprint density at radius 2 is 1.84 bits per heavy atom. The molecular formula is C32H38N2O4. The second-order valence-electron chi connectivity index (χ2n) is 11.0. The van der Waals surface area contributed by atoms with E-state index in [2.05, 4.69) is 57.3 Å². The van der Waals surface area contributed by atoms with Crippen molar-refractivity contribution < 1.29 is 19.4 Å². The van der Waals surface area contributed by atoms with E-state index in [1.54, 1.807) is 12.1 Å². The van der Waals surface area contributed by atoms with Crippen LogP contribution in [0.15, 0.2) is 65.9 Å². The van der Waals surface area contributed by atoms with Crippen molar-refractivity contribution in [3.05, 3.63) is 93.8 Å². The van der Waals surface area contributed by atoms with Crippen LogP contribution in [0, 0.1) is 36.5 Å². The minimum atomic E-state index is -0.891. The van der Waals surface area contributed by atoms with E-state index in [9.17, 15) is 20.0 Å². The molecule has 0 aliphatic heterocycles. The quantitative estimate of drug-likeness (QED) is 0.348. The van der Waals surface area contributed by atoms with Crippen LogP contribution in [-0.2, 0) is 20.9 Å². The first kappa shape index (κ1) is 28.7. The summed E-state index contributed by atoms with van der Waals surface area (Å²) in [5.74, 6) is -0.200. The molecule has 200 valence electrons. The van der Waals surface area contributed by atoms with Crippen LogP contribution in [0.3, 0.4) is 0 Å². The van der Waals surface area contributed by atoms with Crippen molar-refractivity contribution >= 4 is 11.9 Å². The molecule has 0 heterocycles. The molecule has 0 saturated heterocycles. The van der Waals surface area contributed by atoms with Gasteiger partial charge in [-0.15, -0.1) is 0 Å².